The summed E-state index contributed by atoms with van der Waals surface area (Å²) in [4.78, 5) is 0.127. The molecule has 0 aliphatic carbocycles. The fourth-order valence-electron chi connectivity index (χ4n) is 2.16. The second kappa shape index (κ2) is 8.11. The molecule has 136 valence electrons. The molecule has 9 heteroatoms. The van der Waals surface area contributed by atoms with Crippen molar-refractivity contribution in [3.05, 3.63) is 52.5 Å². The van der Waals surface area contributed by atoms with Crippen LogP contribution in [0.25, 0.3) is 0 Å². The fraction of sp³-hybridized carbons (Fsp3) is 0.250. The Hall–Kier alpha value is -1.71. The third-order valence-electron chi connectivity index (χ3n) is 3.35. The Morgan fingerprint density at radius 2 is 1.88 bits per heavy atom. The van der Waals surface area contributed by atoms with Crippen molar-refractivity contribution >= 4 is 26.0 Å². The molecule has 0 atom stereocenters. The lowest BCUT2D eigenvalue weighted by molar-refractivity contribution is -0.0512. The van der Waals surface area contributed by atoms with Gasteiger partial charge in [-0.15, -0.1) is 0 Å². The first-order valence-electron chi connectivity index (χ1n) is 7.07. The largest absolute Gasteiger partial charge is 0.493 e. The molecule has 0 amide bonds. The minimum Gasteiger partial charge on any atom is -0.493 e. The zero-order valence-corrected chi connectivity index (χ0v) is 15.9. The number of methoxy groups -OCH3 is 1. The molecule has 0 spiro atoms. The molecule has 0 N–H and O–H groups in total. The van der Waals surface area contributed by atoms with Gasteiger partial charge in [0.25, 0.3) is 0 Å². The summed E-state index contributed by atoms with van der Waals surface area (Å²) in [5.41, 5.74) is 0.484. The summed E-state index contributed by atoms with van der Waals surface area (Å²) in [6.07, 6.45) is 0. The summed E-state index contributed by atoms with van der Waals surface area (Å²) in [6.45, 7) is -3.02. The second-order valence-electron chi connectivity index (χ2n) is 5.08. The molecule has 2 aromatic carbocycles. The molecular weight excluding hydrogens is 420 g/mol. The number of ether oxygens (including phenoxy) is 2. The highest BCUT2D eigenvalue weighted by Crippen LogP contribution is 2.30. The zero-order valence-electron chi connectivity index (χ0n) is 13.4. The van der Waals surface area contributed by atoms with Crippen LogP contribution >= 0.6 is 15.9 Å². The van der Waals surface area contributed by atoms with Gasteiger partial charge in [0.2, 0.25) is 10.0 Å². The van der Waals surface area contributed by atoms with E-state index in [4.69, 9.17) is 4.74 Å². The van der Waals surface area contributed by atoms with Crippen LogP contribution in [-0.2, 0) is 16.6 Å². The topological polar surface area (TPSA) is 55.8 Å². The molecule has 0 aromatic heterocycles. The van der Waals surface area contributed by atoms with Crippen LogP contribution in [0.5, 0.6) is 11.5 Å². The minimum atomic E-state index is -3.73. The van der Waals surface area contributed by atoms with E-state index in [0.29, 0.717) is 10.0 Å². The van der Waals surface area contributed by atoms with Crippen molar-refractivity contribution in [1.82, 2.24) is 4.31 Å². The van der Waals surface area contributed by atoms with Crippen molar-refractivity contribution in [2.24, 2.45) is 0 Å². The summed E-state index contributed by atoms with van der Waals surface area (Å²) >= 11 is 3.23. The molecule has 0 heterocycles. The summed E-state index contributed by atoms with van der Waals surface area (Å²) in [6, 6.07) is 10.7. The van der Waals surface area contributed by atoms with Gasteiger partial charge in [-0.2, -0.15) is 13.1 Å². The Morgan fingerprint density at radius 3 is 2.48 bits per heavy atom. The Kier molecular flexibility index (Phi) is 6.36. The standard InChI is InChI=1S/C16H16BrF2NO4S/c1-20(25(21,22)13-5-3-4-12(17)9-13)10-11-6-7-14(23-2)15(8-11)24-16(18)19/h3-9,16H,10H2,1-2H3. The fourth-order valence-corrected chi connectivity index (χ4v) is 3.91. The van der Waals surface area contributed by atoms with Crippen LogP contribution in [0.2, 0.25) is 0 Å². The van der Waals surface area contributed by atoms with E-state index in [2.05, 4.69) is 20.7 Å². The highest BCUT2D eigenvalue weighted by atomic mass is 79.9. The second-order valence-corrected chi connectivity index (χ2v) is 8.04. The Labute approximate surface area is 153 Å². The van der Waals surface area contributed by atoms with Gasteiger partial charge in [0.05, 0.1) is 12.0 Å². The number of hydrogen-bond donors (Lipinski definition) is 0. The van der Waals surface area contributed by atoms with Crippen LogP contribution in [0.4, 0.5) is 8.78 Å². The van der Waals surface area contributed by atoms with Gasteiger partial charge in [-0.1, -0.05) is 28.1 Å². The van der Waals surface area contributed by atoms with Gasteiger partial charge in [-0.25, -0.2) is 8.42 Å². The minimum absolute atomic E-state index is 0.0154. The van der Waals surface area contributed by atoms with Crippen LogP contribution in [0, 0.1) is 0 Å². The normalized spacial score (nSPS) is 11.8. The molecule has 0 saturated heterocycles. The van der Waals surface area contributed by atoms with Gasteiger partial charge in [-0.05, 0) is 35.9 Å². The summed E-state index contributed by atoms with van der Waals surface area (Å²) in [7, 11) is -0.987. The zero-order chi connectivity index (χ0) is 18.6. The van der Waals surface area contributed by atoms with Crippen molar-refractivity contribution in [3.63, 3.8) is 0 Å². The van der Waals surface area contributed by atoms with Gasteiger partial charge in [-0.3, -0.25) is 0 Å². The maximum Gasteiger partial charge on any atom is 0.387 e. The summed E-state index contributed by atoms with van der Waals surface area (Å²) in [5, 5.41) is 0. The van der Waals surface area contributed by atoms with Crippen LogP contribution in [0.3, 0.4) is 0 Å². The molecule has 0 saturated carbocycles. The Morgan fingerprint density at radius 1 is 1.16 bits per heavy atom. The lowest BCUT2D eigenvalue weighted by Gasteiger charge is -2.18. The van der Waals surface area contributed by atoms with Gasteiger partial charge < -0.3 is 9.47 Å². The molecule has 0 unspecified atom stereocenters. The summed E-state index contributed by atoms with van der Waals surface area (Å²) < 4.78 is 61.3. The van der Waals surface area contributed by atoms with E-state index in [0.717, 1.165) is 4.31 Å². The van der Waals surface area contributed by atoms with Gasteiger partial charge in [0.15, 0.2) is 11.5 Å². The van der Waals surface area contributed by atoms with E-state index >= 15 is 0 Å². The molecule has 5 nitrogen and oxygen atoms in total. The first-order chi connectivity index (χ1) is 11.7. The van der Waals surface area contributed by atoms with Crippen LogP contribution < -0.4 is 9.47 Å². The molecule has 0 aliphatic heterocycles. The summed E-state index contributed by atoms with van der Waals surface area (Å²) in [5.74, 6) is -0.00944. The number of nitrogens with zero attached hydrogens (tertiary/aromatic N) is 1. The van der Waals surface area contributed by atoms with Crippen LogP contribution in [0.1, 0.15) is 5.56 Å². The number of hydrogen-bond acceptors (Lipinski definition) is 4. The van der Waals surface area contributed by atoms with E-state index in [1.165, 1.54) is 38.4 Å². The van der Waals surface area contributed by atoms with E-state index < -0.39 is 16.6 Å². The monoisotopic (exact) mass is 435 g/mol. The predicted octanol–water partition coefficient (Wildman–Crippen LogP) is 3.88. The number of alkyl halides is 2. The average molecular weight is 436 g/mol. The predicted molar refractivity (Wildman–Crippen MR) is 92.4 cm³/mol. The van der Waals surface area contributed by atoms with Crippen molar-refractivity contribution in [2.45, 2.75) is 18.1 Å². The van der Waals surface area contributed by atoms with E-state index in [1.807, 2.05) is 0 Å². The van der Waals surface area contributed by atoms with Gasteiger partial charge >= 0.3 is 6.61 Å². The molecule has 0 radical (unpaired) electrons. The van der Waals surface area contributed by atoms with Crippen molar-refractivity contribution in [1.29, 1.82) is 0 Å². The maximum atomic E-state index is 12.6. The third-order valence-corrected chi connectivity index (χ3v) is 5.65. The number of rotatable bonds is 7. The molecule has 0 fully saturated rings. The molecule has 2 aromatic rings. The highest BCUT2D eigenvalue weighted by molar-refractivity contribution is 9.10. The van der Waals surface area contributed by atoms with Gasteiger partial charge in [0, 0.05) is 18.1 Å². The molecule has 0 aliphatic rings. The first kappa shape index (κ1) is 19.6. The lowest BCUT2D eigenvalue weighted by atomic mass is 10.2. The van der Waals surface area contributed by atoms with Crippen molar-refractivity contribution in [3.8, 4) is 11.5 Å². The molecular formula is C16H16BrF2NO4S. The smallest absolute Gasteiger partial charge is 0.387 e. The Balaban J connectivity index is 2.26. The van der Waals surface area contributed by atoms with Crippen molar-refractivity contribution in [2.75, 3.05) is 14.2 Å². The van der Waals surface area contributed by atoms with E-state index in [1.54, 1.807) is 18.2 Å². The molecule has 0 bridgehead atoms. The maximum absolute atomic E-state index is 12.6. The first-order valence-corrected chi connectivity index (χ1v) is 9.31. The SMILES string of the molecule is COc1ccc(CN(C)S(=O)(=O)c2cccc(Br)c2)cc1OC(F)F. The number of halogens is 3. The highest BCUT2D eigenvalue weighted by Gasteiger charge is 2.22. The third kappa shape index (κ3) is 4.90. The Bertz CT molecular complexity index is 846. The average Bonchev–Trinajstić information content (AvgIpc) is 2.54. The van der Waals surface area contributed by atoms with Crippen molar-refractivity contribution < 1.29 is 26.7 Å². The van der Waals surface area contributed by atoms with Gasteiger partial charge in [0.1, 0.15) is 0 Å². The van der Waals surface area contributed by atoms with Crippen LogP contribution in [0.15, 0.2) is 51.8 Å². The number of sulfonamides is 1. The lowest BCUT2D eigenvalue weighted by Crippen LogP contribution is -2.26. The quantitative estimate of drug-likeness (QED) is 0.661. The van der Waals surface area contributed by atoms with Crippen LogP contribution in [-0.4, -0.2) is 33.5 Å². The number of benzene rings is 2. The van der Waals surface area contributed by atoms with E-state index in [-0.39, 0.29) is 22.9 Å². The molecule has 2 rings (SSSR count). The van der Waals surface area contributed by atoms with E-state index in [9.17, 15) is 17.2 Å². The molecule has 25 heavy (non-hydrogen) atoms.